The van der Waals surface area contributed by atoms with Crippen LogP contribution >= 0.6 is 0 Å². The van der Waals surface area contributed by atoms with Crippen LogP contribution in [0.4, 0.5) is 5.69 Å². The summed E-state index contributed by atoms with van der Waals surface area (Å²) in [6, 6.07) is 22.7. The van der Waals surface area contributed by atoms with Crippen molar-refractivity contribution < 1.29 is 4.74 Å². The summed E-state index contributed by atoms with van der Waals surface area (Å²) in [7, 11) is 0. The summed E-state index contributed by atoms with van der Waals surface area (Å²) in [5, 5.41) is 0. The number of nitrogens with zero attached hydrogens (tertiary/aromatic N) is 1. The van der Waals surface area contributed by atoms with Crippen LogP contribution in [0.15, 0.2) is 71.7 Å². The smallest absolute Gasteiger partial charge is 0.128 e. The van der Waals surface area contributed by atoms with Gasteiger partial charge in [0.1, 0.15) is 12.4 Å². The zero-order valence-electron chi connectivity index (χ0n) is 15.0. The minimum Gasteiger partial charge on any atom is -0.488 e. The summed E-state index contributed by atoms with van der Waals surface area (Å²) in [5.74, 6) is 0.844. The fraction of sp³-hybridized carbons (Fsp3) is 0.174. The predicted octanol–water partition coefficient (Wildman–Crippen LogP) is 5.94. The first-order valence-corrected chi connectivity index (χ1v) is 8.50. The van der Waals surface area contributed by atoms with E-state index in [-0.39, 0.29) is 0 Å². The van der Waals surface area contributed by atoms with Gasteiger partial charge in [-0.3, -0.25) is 4.99 Å². The Balaban J connectivity index is 1.76. The molecule has 0 aromatic heterocycles. The van der Waals surface area contributed by atoms with Crippen LogP contribution in [0, 0.1) is 20.8 Å². The van der Waals surface area contributed by atoms with E-state index in [0.717, 1.165) is 22.6 Å². The van der Waals surface area contributed by atoms with E-state index >= 15 is 0 Å². The van der Waals surface area contributed by atoms with Gasteiger partial charge in [0.15, 0.2) is 0 Å². The molecule has 3 rings (SSSR count). The van der Waals surface area contributed by atoms with E-state index in [1.165, 1.54) is 16.7 Å². The van der Waals surface area contributed by atoms with Crippen LogP contribution < -0.4 is 4.74 Å². The van der Waals surface area contributed by atoms with E-state index in [1.807, 2.05) is 30.5 Å². The third kappa shape index (κ3) is 4.57. The highest BCUT2D eigenvalue weighted by Crippen LogP contribution is 2.22. The highest BCUT2D eigenvalue weighted by Gasteiger charge is 2.02. The van der Waals surface area contributed by atoms with Crippen molar-refractivity contribution in [2.45, 2.75) is 27.4 Å². The normalized spacial score (nSPS) is 11.0. The minimum atomic E-state index is 0.550. The molecule has 3 aromatic rings. The molecule has 126 valence electrons. The molecule has 0 saturated heterocycles. The van der Waals surface area contributed by atoms with Crippen LogP contribution in [-0.4, -0.2) is 6.21 Å². The molecule has 0 saturated carbocycles. The molecular formula is C23H23NO. The van der Waals surface area contributed by atoms with E-state index in [2.05, 4.69) is 68.2 Å². The third-order valence-corrected chi connectivity index (χ3v) is 4.13. The topological polar surface area (TPSA) is 21.6 Å². The standard InChI is InChI=1S/C23H23NO/c1-17-8-11-20(12-9-17)16-25-23-7-5-4-6-21(23)15-24-22-13-10-18(2)14-19(22)3/h4-15H,16H2,1-3H3. The molecule has 0 aliphatic rings. The third-order valence-electron chi connectivity index (χ3n) is 4.13. The fourth-order valence-electron chi connectivity index (χ4n) is 2.65. The lowest BCUT2D eigenvalue weighted by atomic mass is 10.1. The van der Waals surface area contributed by atoms with Crippen molar-refractivity contribution in [3.8, 4) is 5.75 Å². The number of ether oxygens (including phenoxy) is 1. The molecule has 0 radical (unpaired) electrons. The highest BCUT2D eigenvalue weighted by molar-refractivity contribution is 5.85. The molecule has 3 aromatic carbocycles. The molecule has 0 atom stereocenters. The van der Waals surface area contributed by atoms with Crippen molar-refractivity contribution >= 4 is 11.9 Å². The Morgan fingerprint density at radius 3 is 2.32 bits per heavy atom. The SMILES string of the molecule is Cc1ccc(COc2ccccc2C=Nc2ccc(C)cc2C)cc1. The number of aliphatic imine (C=N–C) groups is 1. The molecule has 0 bridgehead atoms. The molecule has 0 spiro atoms. The zero-order chi connectivity index (χ0) is 17.6. The van der Waals surface area contributed by atoms with Gasteiger partial charge in [-0.2, -0.15) is 0 Å². The van der Waals surface area contributed by atoms with Gasteiger partial charge in [0.05, 0.1) is 5.69 Å². The molecule has 0 amide bonds. The summed E-state index contributed by atoms with van der Waals surface area (Å²) >= 11 is 0. The predicted molar refractivity (Wildman–Crippen MR) is 105 cm³/mol. The molecule has 2 nitrogen and oxygen atoms in total. The second kappa shape index (κ2) is 7.80. The van der Waals surface area contributed by atoms with E-state index in [4.69, 9.17) is 4.74 Å². The molecule has 0 aliphatic carbocycles. The molecule has 0 aliphatic heterocycles. The molecule has 25 heavy (non-hydrogen) atoms. The highest BCUT2D eigenvalue weighted by atomic mass is 16.5. The number of hydrogen-bond acceptors (Lipinski definition) is 2. The van der Waals surface area contributed by atoms with Gasteiger partial charge in [0.25, 0.3) is 0 Å². The maximum atomic E-state index is 6.01. The quantitative estimate of drug-likeness (QED) is 0.531. The summed E-state index contributed by atoms with van der Waals surface area (Å²) in [6.45, 7) is 6.81. The maximum absolute atomic E-state index is 6.01. The van der Waals surface area contributed by atoms with Gasteiger partial charge in [0.2, 0.25) is 0 Å². The lowest BCUT2D eigenvalue weighted by molar-refractivity contribution is 0.306. The van der Waals surface area contributed by atoms with Crippen LogP contribution in [0.25, 0.3) is 0 Å². The van der Waals surface area contributed by atoms with Gasteiger partial charge in [-0.1, -0.05) is 59.7 Å². The maximum Gasteiger partial charge on any atom is 0.128 e. The largest absolute Gasteiger partial charge is 0.488 e. The Morgan fingerprint density at radius 2 is 1.56 bits per heavy atom. The van der Waals surface area contributed by atoms with Crippen molar-refractivity contribution in [2.24, 2.45) is 4.99 Å². The average Bonchev–Trinajstić information content (AvgIpc) is 2.61. The molecule has 0 unspecified atom stereocenters. The number of rotatable bonds is 5. The Morgan fingerprint density at radius 1 is 0.840 bits per heavy atom. The molecule has 2 heteroatoms. The van der Waals surface area contributed by atoms with Crippen LogP contribution in [0.2, 0.25) is 0 Å². The summed E-state index contributed by atoms with van der Waals surface area (Å²) in [6.07, 6.45) is 1.88. The lowest BCUT2D eigenvalue weighted by Crippen LogP contribution is -1.98. The van der Waals surface area contributed by atoms with Crippen molar-refractivity contribution in [1.29, 1.82) is 0 Å². The van der Waals surface area contributed by atoms with Gasteiger partial charge in [0, 0.05) is 11.8 Å². The van der Waals surface area contributed by atoms with Gasteiger partial charge in [-0.25, -0.2) is 0 Å². The van der Waals surface area contributed by atoms with E-state index < -0.39 is 0 Å². The second-order valence-corrected chi connectivity index (χ2v) is 6.36. The van der Waals surface area contributed by atoms with Crippen LogP contribution in [0.3, 0.4) is 0 Å². The monoisotopic (exact) mass is 329 g/mol. The Bertz CT molecular complexity index is 879. The fourth-order valence-corrected chi connectivity index (χ4v) is 2.65. The van der Waals surface area contributed by atoms with Gasteiger partial charge in [-0.05, 0) is 50.1 Å². The summed E-state index contributed by atoms with van der Waals surface area (Å²) in [5.41, 5.74) is 6.80. The number of hydrogen-bond donors (Lipinski definition) is 0. The number of para-hydroxylation sites is 1. The Labute approximate surface area is 149 Å². The Hall–Kier alpha value is -2.87. The first-order valence-electron chi connectivity index (χ1n) is 8.50. The van der Waals surface area contributed by atoms with E-state index in [0.29, 0.717) is 6.61 Å². The van der Waals surface area contributed by atoms with Crippen molar-refractivity contribution in [2.75, 3.05) is 0 Å². The van der Waals surface area contributed by atoms with Crippen molar-refractivity contribution in [3.05, 3.63) is 94.5 Å². The molecular weight excluding hydrogens is 306 g/mol. The van der Waals surface area contributed by atoms with Crippen LogP contribution in [0.1, 0.15) is 27.8 Å². The van der Waals surface area contributed by atoms with Gasteiger partial charge < -0.3 is 4.74 Å². The lowest BCUT2D eigenvalue weighted by Gasteiger charge is -2.09. The molecule has 0 fully saturated rings. The Kier molecular flexibility index (Phi) is 5.30. The zero-order valence-corrected chi connectivity index (χ0v) is 15.0. The first kappa shape index (κ1) is 17.0. The summed E-state index contributed by atoms with van der Waals surface area (Å²) in [4.78, 5) is 4.64. The van der Waals surface area contributed by atoms with Gasteiger partial charge >= 0.3 is 0 Å². The van der Waals surface area contributed by atoms with E-state index in [1.54, 1.807) is 0 Å². The minimum absolute atomic E-state index is 0.550. The first-order chi connectivity index (χ1) is 12.1. The van der Waals surface area contributed by atoms with Crippen molar-refractivity contribution in [3.63, 3.8) is 0 Å². The van der Waals surface area contributed by atoms with Gasteiger partial charge in [-0.15, -0.1) is 0 Å². The number of aryl methyl sites for hydroxylation is 3. The van der Waals surface area contributed by atoms with Crippen molar-refractivity contribution in [1.82, 2.24) is 0 Å². The molecule has 0 heterocycles. The van der Waals surface area contributed by atoms with Crippen LogP contribution in [0.5, 0.6) is 5.75 Å². The average molecular weight is 329 g/mol. The van der Waals surface area contributed by atoms with Crippen LogP contribution in [-0.2, 0) is 6.61 Å². The number of benzene rings is 3. The second-order valence-electron chi connectivity index (χ2n) is 6.36. The molecule has 0 N–H and O–H groups in total. The summed E-state index contributed by atoms with van der Waals surface area (Å²) < 4.78 is 6.01. The van der Waals surface area contributed by atoms with E-state index in [9.17, 15) is 0 Å².